The second-order valence-corrected chi connectivity index (χ2v) is 8.07. The SMILES string of the molecule is CCNC(=NCCCOCC1CCOC1)NCCCCN1CCC(C(N)=O)CC1. The zero-order chi connectivity index (χ0) is 20.7. The van der Waals surface area contributed by atoms with Crippen molar-refractivity contribution in [2.75, 3.05) is 65.7 Å². The highest BCUT2D eigenvalue weighted by Crippen LogP contribution is 2.16. The highest BCUT2D eigenvalue weighted by molar-refractivity contribution is 5.79. The molecule has 2 saturated heterocycles. The van der Waals surface area contributed by atoms with Crippen molar-refractivity contribution < 1.29 is 14.3 Å². The first-order chi connectivity index (χ1) is 14.2. The lowest BCUT2D eigenvalue weighted by molar-refractivity contribution is -0.123. The number of aliphatic imine (C=N–C) groups is 1. The maximum Gasteiger partial charge on any atom is 0.220 e. The lowest BCUT2D eigenvalue weighted by Crippen LogP contribution is -2.39. The van der Waals surface area contributed by atoms with Gasteiger partial charge in [0.05, 0.1) is 13.2 Å². The molecule has 8 nitrogen and oxygen atoms in total. The van der Waals surface area contributed by atoms with Crippen LogP contribution in [0.2, 0.25) is 0 Å². The monoisotopic (exact) mass is 411 g/mol. The topological polar surface area (TPSA) is 101 Å². The van der Waals surface area contributed by atoms with Gasteiger partial charge in [-0.05, 0) is 65.1 Å². The van der Waals surface area contributed by atoms with Crippen LogP contribution in [-0.2, 0) is 14.3 Å². The number of rotatable bonds is 13. The molecule has 0 radical (unpaired) electrons. The summed E-state index contributed by atoms with van der Waals surface area (Å²) in [5.74, 6) is 1.40. The summed E-state index contributed by atoms with van der Waals surface area (Å²) >= 11 is 0. The van der Waals surface area contributed by atoms with Crippen LogP contribution in [0.5, 0.6) is 0 Å². The molecule has 0 aliphatic carbocycles. The number of unbranched alkanes of at least 4 members (excludes halogenated alkanes) is 1. The lowest BCUT2D eigenvalue weighted by Gasteiger charge is -2.30. The fourth-order valence-corrected chi connectivity index (χ4v) is 3.77. The Kier molecular flexibility index (Phi) is 12.0. The Morgan fingerprint density at radius 3 is 2.72 bits per heavy atom. The molecule has 2 fully saturated rings. The molecule has 0 spiro atoms. The van der Waals surface area contributed by atoms with E-state index in [1.54, 1.807) is 0 Å². The number of carbonyl (C=O) groups excluding carboxylic acids is 1. The van der Waals surface area contributed by atoms with Gasteiger partial charge in [0, 0.05) is 44.7 Å². The molecular weight excluding hydrogens is 370 g/mol. The number of amides is 1. The minimum Gasteiger partial charge on any atom is -0.381 e. The van der Waals surface area contributed by atoms with Gasteiger partial charge in [0.2, 0.25) is 5.91 Å². The molecule has 168 valence electrons. The van der Waals surface area contributed by atoms with Gasteiger partial charge in [0.25, 0.3) is 0 Å². The van der Waals surface area contributed by atoms with Crippen molar-refractivity contribution in [3.63, 3.8) is 0 Å². The number of nitrogens with zero attached hydrogens (tertiary/aromatic N) is 2. The third-order valence-electron chi connectivity index (χ3n) is 5.62. The van der Waals surface area contributed by atoms with E-state index >= 15 is 0 Å². The van der Waals surface area contributed by atoms with Crippen molar-refractivity contribution in [1.29, 1.82) is 0 Å². The summed E-state index contributed by atoms with van der Waals surface area (Å²) in [4.78, 5) is 18.3. The molecule has 2 heterocycles. The van der Waals surface area contributed by atoms with Crippen molar-refractivity contribution in [3.05, 3.63) is 0 Å². The third kappa shape index (κ3) is 10.3. The Morgan fingerprint density at radius 1 is 1.21 bits per heavy atom. The second kappa shape index (κ2) is 14.6. The third-order valence-corrected chi connectivity index (χ3v) is 5.62. The van der Waals surface area contributed by atoms with E-state index in [0.29, 0.717) is 5.92 Å². The van der Waals surface area contributed by atoms with Crippen LogP contribution in [-0.4, -0.2) is 82.5 Å². The molecule has 1 amide bonds. The van der Waals surface area contributed by atoms with Crippen molar-refractivity contribution in [2.24, 2.45) is 22.6 Å². The van der Waals surface area contributed by atoms with E-state index < -0.39 is 0 Å². The molecule has 2 rings (SSSR count). The van der Waals surface area contributed by atoms with Gasteiger partial charge < -0.3 is 30.7 Å². The Labute approximate surface area is 176 Å². The molecule has 29 heavy (non-hydrogen) atoms. The number of hydrogen-bond acceptors (Lipinski definition) is 5. The van der Waals surface area contributed by atoms with Gasteiger partial charge in [0.15, 0.2) is 5.96 Å². The Bertz CT molecular complexity index is 475. The summed E-state index contributed by atoms with van der Waals surface area (Å²) in [6.07, 6.45) is 6.12. The van der Waals surface area contributed by atoms with E-state index in [9.17, 15) is 4.79 Å². The van der Waals surface area contributed by atoms with Crippen LogP contribution in [0.15, 0.2) is 4.99 Å². The van der Waals surface area contributed by atoms with Gasteiger partial charge in [0.1, 0.15) is 0 Å². The van der Waals surface area contributed by atoms with E-state index in [2.05, 4.69) is 27.4 Å². The normalized spacial score (nSPS) is 21.4. The molecule has 0 aromatic carbocycles. The number of primary amides is 1. The maximum absolute atomic E-state index is 11.2. The number of likely N-dealkylation sites (tertiary alicyclic amines) is 1. The molecule has 0 bridgehead atoms. The first-order valence-electron chi connectivity index (χ1n) is 11.4. The molecule has 2 aliphatic heterocycles. The van der Waals surface area contributed by atoms with Gasteiger partial charge >= 0.3 is 0 Å². The largest absolute Gasteiger partial charge is 0.381 e. The van der Waals surface area contributed by atoms with Gasteiger partial charge in [-0.1, -0.05) is 0 Å². The Morgan fingerprint density at radius 2 is 2.03 bits per heavy atom. The van der Waals surface area contributed by atoms with Gasteiger partial charge in [-0.2, -0.15) is 0 Å². The van der Waals surface area contributed by atoms with Crippen molar-refractivity contribution >= 4 is 11.9 Å². The molecule has 8 heteroatoms. The quantitative estimate of drug-likeness (QED) is 0.237. The van der Waals surface area contributed by atoms with E-state index in [-0.39, 0.29) is 11.8 Å². The summed E-state index contributed by atoms with van der Waals surface area (Å²) in [7, 11) is 0. The van der Waals surface area contributed by atoms with Crippen LogP contribution in [0.1, 0.15) is 45.4 Å². The van der Waals surface area contributed by atoms with E-state index in [1.807, 2.05) is 0 Å². The van der Waals surface area contributed by atoms with Gasteiger partial charge in [-0.3, -0.25) is 9.79 Å². The Hall–Kier alpha value is -1.38. The van der Waals surface area contributed by atoms with Crippen LogP contribution in [0, 0.1) is 11.8 Å². The van der Waals surface area contributed by atoms with Gasteiger partial charge in [-0.25, -0.2) is 0 Å². The maximum atomic E-state index is 11.2. The van der Waals surface area contributed by atoms with Crippen molar-refractivity contribution in [3.8, 4) is 0 Å². The molecule has 0 aromatic heterocycles. The van der Waals surface area contributed by atoms with Crippen LogP contribution in [0.3, 0.4) is 0 Å². The number of ether oxygens (including phenoxy) is 2. The summed E-state index contributed by atoms with van der Waals surface area (Å²) < 4.78 is 11.1. The molecule has 1 atom stereocenters. The molecule has 4 N–H and O–H groups in total. The summed E-state index contributed by atoms with van der Waals surface area (Å²) in [5.41, 5.74) is 5.40. The smallest absolute Gasteiger partial charge is 0.220 e. The minimum atomic E-state index is -0.140. The van der Waals surface area contributed by atoms with Crippen LogP contribution in [0.4, 0.5) is 0 Å². The predicted octanol–water partition coefficient (Wildman–Crippen LogP) is 0.962. The minimum absolute atomic E-state index is 0.0777. The average molecular weight is 412 g/mol. The standard InChI is InChI=1S/C21H41N5O3/c1-2-23-21(25-10-5-14-28-16-18-8-15-29-17-18)24-9-3-4-11-26-12-6-19(7-13-26)20(22)27/h18-19H,2-17H2,1H3,(H2,22,27)(H2,23,24,25). The van der Waals surface area contributed by atoms with Crippen molar-refractivity contribution in [1.82, 2.24) is 15.5 Å². The predicted molar refractivity (Wildman–Crippen MR) is 116 cm³/mol. The molecule has 0 aromatic rings. The lowest BCUT2D eigenvalue weighted by atomic mass is 9.96. The summed E-state index contributed by atoms with van der Waals surface area (Å²) in [5, 5.41) is 6.72. The molecular formula is C21H41N5O3. The number of nitrogens with two attached hydrogens (primary N) is 1. The van der Waals surface area contributed by atoms with Crippen molar-refractivity contribution in [2.45, 2.75) is 45.4 Å². The molecule has 0 saturated carbocycles. The van der Waals surface area contributed by atoms with Gasteiger partial charge in [-0.15, -0.1) is 0 Å². The number of hydrogen-bond donors (Lipinski definition) is 3. The highest BCUT2D eigenvalue weighted by atomic mass is 16.5. The number of guanidine groups is 1. The molecule has 1 unspecified atom stereocenters. The first-order valence-corrected chi connectivity index (χ1v) is 11.4. The Balaban J connectivity index is 1.48. The second-order valence-electron chi connectivity index (χ2n) is 8.07. The fourth-order valence-electron chi connectivity index (χ4n) is 3.77. The fraction of sp³-hybridized carbons (Fsp3) is 0.905. The summed E-state index contributed by atoms with van der Waals surface area (Å²) in [6, 6.07) is 0. The first kappa shape index (κ1) is 23.9. The highest BCUT2D eigenvalue weighted by Gasteiger charge is 2.22. The number of nitrogens with one attached hydrogen (secondary N) is 2. The van der Waals surface area contributed by atoms with Crippen LogP contribution >= 0.6 is 0 Å². The van der Waals surface area contributed by atoms with Crippen LogP contribution in [0.25, 0.3) is 0 Å². The van der Waals surface area contributed by atoms with E-state index in [0.717, 1.165) is 110 Å². The zero-order valence-corrected chi connectivity index (χ0v) is 18.2. The summed E-state index contributed by atoms with van der Waals surface area (Å²) in [6.45, 7) is 11.0. The zero-order valence-electron chi connectivity index (χ0n) is 18.2. The number of carbonyl (C=O) groups is 1. The van der Waals surface area contributed by atoms with E-state index in [1.165, 1.54) is 0 Å². The average Bonchev–Trinajstić information content (AvgIpc) is 3.24. The number of piperidine rings is 1. The molecule has 2 aliphatic rings. The van der Waals surface area contributed by atoms with Crippen LogP contribution < -0.4 is 16.4 Å². The van der Waals surface area contributed by atoms with E-state index in [4.69, 9.17) is 15.2 Å².